The maximum absolute atomic E-state index is 14.9. The first-order valence-corrected chi connectivity index (χ1v) is 15.8. The average Bonchev–Trinajstić information content (AvgIpc) is 3.69. The predicted molar refractivity (Wildman–Crippen MR) is 166 cm³/mol. The molecule has 0 saturated carbocycles. The Morgan fingerprint density at radius 2 is 1.93 bits per heavy atom. The van der Waals surface area contributed by atoms with Crippen LogP contribution in [0.1, 0.15) is 54.9 Å². The van der Waals surface area contributed by atoms with E-state index in [0.717, 1.165) is 80.3 Å². The molecular formula is C33H33ClFN7O3. The smallest absolute Gasteiger partial charge is 0.278 e. The molecule has 10 nitrogen and oxygen atoms in total. The highest BCUT2D eigenvalue weighted by molar-refractivity contribution is 6.30. The van der Waals surface area contributed by atoms with E-state index in [1.807, 2.05) is 31.3 Å². The van der Waals surface area contributed by atoms with Gasteiger partial charge in [-0.25, -0.2) is 14.4 Å². The van der Waals surface area contributed by atoms with Crippen LogP contribution in [-0.2, 0) is 23.6 Å². The molecule has 1 N–H and O–H groups in total. The summed E-state index contributed by atoms with van der Waals surface area (Å²) in [6.07, 6.45) is 5.01. The summed E-state index contributed by atoms with van der Waals surface area (Å²) >= 11 is 5.99. The zero-order valence-corrected chi connectivity index (χ0v) is 25.9. The number of pyridine rings is 1. The highest BCUT2D eigenvalue weighted by atomic mass is 35.5. The number of H-pyrrole nitrogens is 1. The van der Waals surface area contributed by atoms with E-state index in [1.54, 1.807) is 19.1 Å². The average molecular weight is 630 g/mol. The number of aromatic amines is 1. The van der Waals surface area contributed by atoms with Crippen LogP contribution in [0.4, 0.5) is 4.39 Å². The Bertz CT molecular complexity index is 1900. The number of imidazole rings is 1. The minimum atomic E-state index is -1.27. The number of aryl methyl sites for hydroxylation is 1. The molecule has 2 saturated heterocycles. The van der Waals surface area contributed by atoms with Gasteiger partial charge in [-0.05, 0) is 75.5 Å². The van der Waals surface area contributed by atoms with Crippen molar-refractivity contribution >= 4 is 22.6 Å². The molecule has 3 aliphatic heterocycles. The molecule has 0 amide bonds. The molecule has 3 aliphatic rings. The van der Waals surface area contributed by atoms with Crippen LogP contribution in [0.2, 0.25) is 5.02 Å². The zero-order chi connectivity index (χ0) is 30.7. The molecule has 5 aromatic rings. The normalized spacial score (nSPS) is 21.8. The Morgan fingerprint density at radius 1 is 1.09 bits per heavy atom. The van der Waals surface area contributed by atoms with Crippen LogP contribution >= 0.6 is 11.6 Å². The van der Waals surface area contributed by atoms with Crippen LogP contribution in [0.15, 0.2) is 48.7 Å². The van der Waals surface area contributed by atoms with Crippen molar-refractivity contribution in [2.45, 2.75) is 64.0 Å². The Kier molecular flexibility index (Phi) is 7.00. The second kappa shape index (κ2) is 11.1. The fourth-order valence-electron chi connectivity index (χ4n) is 6.65. The van der Waals surface area contributed by atoms with Crippen LogP contribution in [-0.4, -0.2) is 60.4 Å². The Labute approximate surface area is 264 Å². The molecule has 12 heteroatoms. The van der Waals surface area contributed by atoms with E-state index in [2.05, 4.69) is 35.7 Å². The highest BCUT2D eigenvalue weighted by Crippen LogP contribution is 2.50. The van der Waals surface area contributed by atoms with Crippen molar-refractivity contribution in [2.24, 2.45) is 0 Å². The van der Waals surface area contributed by atoms with Gasteiger partial charge < -0.3 is 18.8 Å². The number of likely N-dealkylation sites (tertiary alicyclic amines) is 1. The molecule has 2 aromatic carbocycles. The Hall–Kier alpha value is -4.06. The summed E-state index contributed by atoms with van der Waals surface area (Å²) in [5.41, 5.74) is 3.98. The first-order chi connectivity index (χ1) is 21.8. The third-order valence-electron chi connectivity index (χ3n) is 9.14. The lowest BCUT2D eigenvalue weighted by Gasteiger charge is -2.33. The topological polar surface area (TPSA) is 103 Å². The number of nitrogens with one attached hydrogen (secondary N) is 1. The van der Waals surface area contributed by atoms with Gasteiger partial charge in [-0.2, -0.15) is 5.10 Å². The van der Waals surface area contributed by atoms with Gasteiger partial charge in [-0.1, -0.05) is 23.7 Å². The number of fused-ring (bicyclic) bond motifs is 2. The maximum atomic E-state index is 14.9. The summed E-state index contributed by atoms with van der Waals surface area (Å²) in [5.74, 6) is 2.20. The van der Waals surface area contributed by atoms with E-state index in [-0.39, 0.29) is 12.0 Å². The van der Waals surface area contributed by atoms with Gasteiger partial charge in [-0.15, -0.1) is 0 Å². The van der Waals surface area contributed by atoms with E-state index >= 15 is 0 Å². The standard InChI is InChI=1S/C33H33ClFN7O3/c1-19-37-32(40-39-19)27-15-26-28(16-36-27)42(17-22-10-13-43-22)30(38-26)18-41-11-8-20(9-12-41)23-4-3-5-29-31(23)45-33(2,44-29)24-7-6-21(34)14-25(24)35/h3-7,14-16,20,22H,8-13,17-18H2,1-2H3,(H,37,39,40). The largest absolute Gasteiger partial charge is 0.444 e. The number of piperidine rings is 1. The minimum Gasteiger partial charge on any atom is -0.444 e. The quantitative estimate of drug-likeness (QED) is 0.229. The second-order valence-electron chi connectivity index (χ2n) is 12.2. The summed E-state index contributed by atoms with van der Waals surface area (Å²) < 4.78 is 35.5. The van der Waals surface area contributed by atoms with Gasteiger partial charge in [0.15, 0.2) is 17.3 Å². The van der Waals surface area contributed by atoms with Crippen LogP contribution in [0, 0.1) is 12.7 Å². The lowest BCUT2D eigenvalue weighted by atomic mass is 9.88. The van der Waals surface area contributed by atoms with Crippen LogP contribution in [0.25, 0.3) is 22.6 Å². The van der Waals surface area contributed by atoms with Crippen molar-refractivity contribution in [2.75, 3.05) is 19.7 Å². The molecule has 8 rings (SSSR count). The summed E-state index contributed by atoms with van der Waals surface area (Å²) in [6.45, 7) is 7.71. The number of hydrogen-bond acceptors (Lipinski definition) is 8. The monoisotopic (exact) mass is 629 g/mol. The molecule has 6 heterocycles. The molecule has 45 heavy (non-hydrogen) atoms. The van der Waals surface area contributed by atoms with Gasteiger partial charge in [0.25, 0.3) is 5.79 Å². The van der Waals surface area contributed by atoms with Gasteiger partial charge in [0.05, 0.1) is 42.0 Å². The molecule has 232 valence electrons. The van der Waals surface area contributed by atoms with Crippen molar-refractivity contribution in [3.63, 3.8) is 0 Å². The number of halogens is 2. The second-order valence-corrected chi connectivity index (χ2v) is 12.7. The summed E-state index contributed by atoms with van der Waals surface area (Å²) in [4.78, 5) is 16.6. The molecule has 2 atom stereocenters. The van der Waals surface area contributed by atoms with Crippen molar-refractivity contribution in [1.29, 1.82) is 0 Å². The van der Waals surface area contributed by atoms with Gasteiger partial charge in [0.1, 0.15) is 23.2 Å². The predicted octanol–water partition coefficient (Wildman–Crippen LogP) is 6.13. The summed E-state index contributed by atoms with van der Waals surface area (Å²) in [7, 11) is 0. The minimum absolute atomic E-state index is 0.191. The first-order valence-electron chi connectivity index (χ1n) is 15.4. The molecule has 0 radical (unpaired) electrons. The fraction of sp³-hybridized carbons (Fsp3) is 0.394. The van der Waals surface area contributed by atoms with E-state index in [0.29, 0.717) is 33.6 Å². The third-order valence-corrected chi connectivity index (χ3v) is 9.38. The van der Waals surface area contributed by atoms with Crippen LogP contribution in [0.5, 0.6) is 11.5 Å². The summed E-state index contributed by atoms with van der Waals surface area (Å²) in [6, 6.07) is 12.5. The molecule has 0 bridgehead atoms. The molecule has 2 fully saturated rings. The number of para-hydroxylation sites is 1. The molecular weight excluding hydrogens is 597 g/mol. The lowest BCUT2D eigenvalue weighted by Crippen LogP contribution is -2.35. The number of hydrogen-bond donors (Lipinski definition) is 1. The molecule has 0 aliphatic carbocycles. The SMILES string of the molecule is Cc1nc(-c2cc3nc(CN4CCC(c5cccc6c5OC(C)(c5ccc(Cl)cc5F)O6)CC4)n(CC4CCO4)c3cn2)n[nH]1. The Morgan fingerprint density at radius 3 is 2.67 bits per heavy atom. The fourth-order valence-corrected chi connectivity index (χ4v) is 6.81. The van der Waals surface area contributed by atoms with E-state index in [9.17, 15) is 4.39 Å². The first kappa shape index (κ1) is 28.4. The number of benzene rings is 2. The van der Waals surface area contributed by atoms with Crippen molar-refractivity contribution < 1.29 is 18.6 Å². The highest BCUT2D eigenvalue weighted by Gasteiger charge is 2.43. The maximum Gasteiger partial charge on any atom is 0.278 e. The Balaban J connectivity index is 1.000. The van der Waals surface area contributed by atoms with Crippen molar-refractivity contribution in [3.05, 3.63) is 82.3 Å². The van der Waals surface area contributed by atoms with Gasteiger partial charge in [-0.3, -0.25) is 15.0 Å². The van der Waals surface area contributed by atoms with E-state index in [1.165, 1.54) is 6.07 Å². The number of nitrogens with zero attached hydrogens (tertiary/aromatic N) is 6. The number of ether oxygens (including phenoxy) is 3. The van der Waals surface area contributed by atoms with Crippen LogP contribution < -0.4 is 9.47 Å². The van der Waals surface area contributed by atoms with Gasteiger partial charge >= 0.3 is 0 Å². The number of aromatic nitrogens is 6. The molecule has 0 spiro atoms. The van der Waals surface area contributed by atoms with E-state index < -0.39 is 11.6 Å². The number of rotatable bonds is 7. The lowest BCUT2D eigenvalue weighted by molar-refractivity contribution is -0.0712. The van der Waals surface area contributed by atoms with Crippen molar-refractivity contribution in [3.8, 4) is 23.0 Å². The van der Waals surface area contributed by atoms with E-state index in [4.69, 9.17) is 30.8 Å². The van der Waals surface area contributed by atoms with Crippen LogP contribution in [0.3, 0.4) is 0 Å². The summed E-state index contributed by atoms with van der Waals surface area (Å²) in [5, 5.41) is 7.49. The molecule has 2 unspecified atom stereocenters. The van der Waals surface area contributed by atoms with Crippen molar-refractivity contribution in [1.82, 2.24) is 34.6 Å². The molecule has 3 aromatic heterocycles. The third kappa shape index (κ3) is 5.22. The zero-order valence-electron chi connectivity index (χ0n) is 25.1. The van der Waals surface area contributed by atoms with Gasteiger partial charge in [0.2, 0.25) is 0 Å². The van der Waals surface area contributed by atoms with Gasteiger partial charge in [0, 0.05) is 24.1 Å².